The summed E-state index contributed by atoms with van der Waals surface area (Å²) in [6.45, 7) is 2.08. The van der Waals surface area contributed by atoms with Crippen LogP contribution in [0.2, 0.25) is 0 Å². The maximum Gasteiger partial charge on any atom is 0.366 e. The number of fused-ring (bicyclic) bond motifs is 2. The van der Waals surface area contributed by atoms with Gasteiger partial charge in [-0.15, -0.1) is 0 Å². The van der Waals surface area contributed by atoms with E-state index in [1.54, 1.807) is 18.3 Å². The molecule has 12 heteroatoms. The van der Waals surface area contributed by atoms with Gasteiger partial charge in [0.05, 0.1) is 52.3 Å². The van der Waals surface area contributed by atoms with Crippen molar-refractivity contribution in [2.75, 3.05) is 23.0 Å². The molecule has 2 aromatic heterocycles. The van der Waals surface area contributed by atoms with Crippen molar-refractivity contribution in [2.45, 2.75) is 19.5 Å². The zero-order chi connectivity index (χ0) is 23.7. The van der Waals surface area contributed by atoms with Crippen molar-refractivity contribution in [1.29, 1.82) is 0 Å². The van der Waals surface area contributed by atoms with Crippen LogP contribution in [-0.4, -0.2) is 59.0 Å². The molecule has 3 N–H and O–H groups in total. The molecule has 2 amide bonds. The topological polar surface area (TPSA) is 130 Å². The maximum atomic E-state index is 13.7. The Hall–Kier alpha value is -3.80. The van der Waals surface area contributed by atoms with Gasteiger partial charge in [-0.2, -0.15) is 13.5 Å². The highest BCUT2D eigenvalue weighted by Gasteiger charge is 2.34. The zero-order valence-corrected chi connectivity index (χ0v) is 18.6. The van der Waals surface area contributed by atoms with Crippen LogP contribution in [0.25, 0.3) is 5.52 Å². The Labute approximate surface area is 188 Å². The van der Waals surface area contributed by atoms with E-state index in [0.29, 0.717) is 28.2 Å². The summed E-state index contributed by atoms with van der Waals surface area (Å²) in [6, 6.07) is 1.65. The van der Waals surface area contributed by atoms with Gasteiger partial charge in [0, 0.05) is 18.7 Å². The summed E-state index contributed by atoms with van der Waals surface area (Å²) in [5, 5.41) is 7.43. The molecule has 1 saturated heterocycles. The van der Waals surface area contributed by atoms with E-state index in [2.05, 4.69) is 10.4 Å². The molecule has 0 saturated carbocycles. The Morgan fingerprint density at radius 2 is 2.15 bits per heavy atom. The number of rotatable bonds is 5. The van der Waals surface area contributed by atoms with Gasteiger partial charge in [0.15, 0.2) is 18.6 Å². The van der Waals surface area contributed by atoms with Gasteiger partial charge in [-0.05, 0) is 24.6 Å². The molecule has 170 valence electrons. The number of hydrogen-bond donors (Lipinski definition) is 2. The van der Waals surface area contributed by atoms with E-state index in [0.717, 1.165) is 21.4 Å². The second-order valence-electron chi connectivity index (χ2n) is 8.10. The van der Waals surface area contributed by atoms with Gasteiger partial charge in [0.2, 0.25) is 0 Å². The molecule has 33 heavy (non-hydrogen) atoms. The summed E-state index contributed by atoms with van der Waals surface area (Å²) in [5.74, 6) is -1.31. The van der Waals surface area contributed by atoms with E-state index >= 15 is 0 Å². The highest BCUT2D eigenvalue weighted by molar-refractivity contribution is 7.84. The maximum absolute atomic E-state index is 13.7. The van der Waals surface area contributed by atoms with Crippen molar-refractivity contribution in [3.8, 4) is 0 Å². The fourth-order valence-electron chi connectivity index (χ4n) is 4.15. The minimum absolute atomic E-state index is 0.117. The van der Waals surface area contributed by atoms with Crippen molar-refractivity contribution in [1.82, 2.24) is 9.61 Å². The molecular formula is C21H20FN6O4S+. The van der Waals surface area contributed by atoms with Gasteiger partial charge in [0.25, 0.3) is 11.8 Å². The first-order chi connectivity index (χ1) is 15.5. The minimum Gasteiger partial charge on any atom is -0.365 e. The fraction of sp³-hybridized carbons (Fsp3) is 0.238. The first-order valence-electron chi connectivity index (χ1n) is 10.1. The number of halogens is 1. The summed E-state index contributed by atoms with van der Waals surface area (Å²) >= 11 is 0. The number of anilines is 2. The van der Waals surface area contributed by atoms with Crippen molar-refractivity contribution in [3.05, 3.63) is 58.7 Å². The van der Waals surface area contributed by atoms with Crippen LogP contribution >= 0.6 is 0 Å². The average molecular weight is 471 g/mol. The van der Waals surface area contributed by atoms with Crippen LogP contribution in [0.5, 0.6) is 0 Å². The van der Waals surface area contributed by atoms with E-state index < -0.39 is 28.0 Å². The Kier molecular flexibility index (Phi) is 4.53. The lowest BCUT2D eigenvalue weighted by Crippen LogP contribution is -2.27. The van der Waals surface area contributed by atoms with E-state index in [1.807, 2.05) is 6.92 Å². The van der Waals surface area contributed by atoms with Crippen LogP contribution in [-0.2, 0) is 14.8 Å². The number of sulfonamides is 1. The fourth-order valence-corrected chi connectivity index (χ4v) is 4.75. The zero-order valence-electron chi connectivity index (χ0n) is 17.7. The number of aromatic nitrogens is 2. The number of hydrogen-bond acceptors (Lipinski definition) is 6. The molecule has 1 aliphatic carbocycles. The molecule has 0 unspecified atom stereocenters. The predicted octanol–water partition coefficient (Wildman–Crippen LogP) is 1.07. The smallest absolute Gasteiger partial charge is 0.365 e. The average Bonchev–Trinajstić information content (AvgIpc) is 3.48. The summed E-state index contributed by atoms with van der Waals surface area (Å²) in [4.78, 5) is 25.6. The van der Waals surface area contributed by atoms with Crippen LogP contribution in [0.1, 0.15) is 23.7 Å². The van der Waals surface area contributed by atoms with Gasteiger partial charge in [-0.1, -0.05) is 3.98 Å². The first-order valence-corrected chi connectivity index (χ1v) is 11.9. The third kappa shape index (κ3) is 3.33. The van der Waals surface area contributed by atoms with Crippen LogP contribution in [0.3, 0.4) is 0 Å². The molecule has 5 rings (SSSR count). The number of primary amides is 1. The minimum atomic E-state index is -3.42. The van der Waals surface area contributed by atoms with Crippen LogP contribution in [0.15, 0.2) is 53.2 Å². The van der Waals surface area contributed by atoms with Crippen molar-refractivity contribution in [2.24, 2.45) is 5.73 Å². The van der Waals surface area contributed by atoms with Crippen LogP contribution in [0, 0.1) is 0 Å². The number of alkyl halides is 1. The second-order valence-corrected chi connectivity index (χ2v) is 9.99. The molecule has 10 nitrogen and oxygen atoms in total. The first kappa shape index (κ1) is 21.1. The Balaban J connectivity index is 1.57. The van der Waals surface area contributed by atoms with E-state index in [4.69, 9.17) is 5.73 Å². The number of nitrogens with zero attached hydrogens (tertiary/aromatic N) is 4. The monoisotopic (exact) mass is 471 g/mol. The lowest BCUT2D eigenvalue weighted by Gasteiger charge is -2.13. The number of nitrogens with two attached hydrogens (primary N) is 1. The quantitative estimate of drug-likeness (QED) is 0.628. The number of amides is 2. The third-order valence-corrected chi connectivity index (χ3v) is 6.90. The van der Waals surface area contributed by atoms with E-state index in [-0.39, 0.29) is 18.5 Å². The largest absolute Gasteiger partial charge is 0.366 e. The van der Waals surface area contributed by atoms with Gasteiger partial charge >= 0.3 is 10.0 Å². The molecule has 1 fully saturated rings. The third-order valence-electron chi connectivity index (χ3n) is 5.92. The normalized spacial score (nSPS) is 20.3. The highest BCUT2D eigenvalue weighted by atomic mass is 32.2. The lowest BCUT2D eigenvalue weighted by molar-refractivity contribution is -0.268. The second kappa shape index (κ2) is 7.10. The molecule has 2 aromatic rings. The number of carbonyl (C=O) groups excluding carboxylic acids is 2. The number of nitrogens with one attached hydrogen (secondary N) is 1. The number of carbonyl (C=O) groups is 2. The summed E-state index contributed by atoms with van der Waals surface area (Å²) < 4.78 is 40.1. The highest BCUT2D eigenvalue weighted by Crippen LogP contribution is 2.36. The Bertz CT molecular complexity index is 1500. The summed E-state index contributed by atoms with van der Waals surface area (Å²) in [7, 11) is -3.42. The molecular weight excluding hydrogens is 451 g/mol. The molecule has 2 aliphatic heterocycles. The van der Waals surface area contributed by atoms with Crippen molar-refractivity contribution >= 4 is 44.9 Å². The van der Waals surface area contributed by atoms with Gasteiger partial charge in [0.1, 0.15) is 0 Å². The molecule has 4 heterocycles. The van der Waals surface area contributed by atoms with Crippen LogP contribution < -0.4 is 16.0 Å². The van der Waals surface area contributed by atoms with Gasteiger partial charge in [-0.25, -0.2) is 8.91 Å². The predicted molar refractivity (Wildman–Crippen MR) is 119 cm³/mol. The van der Waals surface area contributed by atoms with E-state index in [1.165, 1.54) is 28.0 Å². The Morgan fingerprint density at radius 3 is 2.76 bits per heavy atom. The summed E-state index contributed by atoms with van der Waals surface area (Å²) in [6.07, 6.45) is 7.43. The molecule has 0 aromatic carbocycles. The SMILES string of the molecule is CC1=C(Nc2c(C(N)=O)cnn3cc(N4CC[C@@H](F)C4=O)cc23)C=C2C=[N+](S(C)(=O)=O)C=C21. The lowest BCUT2D eigenvalue weighted by atomic mass is 10.1. The van der Waals surface area contributed by atoms with Crippen LogP contribution in [0.4, 0.5) is 15.8 Å². The molecule has 0 bridgehead atoms. The molecule has 3 aliphatic rings. The standard InChI is InChI=1S/C21H19FN6O4S/c1-11-15-10-26(33(2,31)32)8-12(15)5-17(11)25-19-14(20(23)29)7-24-28-9-13(6-18(19)28)27-4-3-16(22)21(27)30/h5-10,16H,3-4H2,1-2H3,(H2-,23,24,25,29)/p+1/t16-/m1/s1. The van der Waals surface area contributed by atoms with Crippen molar-refractivity contribution < 1.29 is 26.4 Å². The van der Waals surface area contributed by atoms with Crippen molar-refractivity contribution in [3.63, 3.8) is 0 Å². The van der Waals surface area contributed by atoms with Gasteiger partial charge in [-0.3, -0.25) is 9.59 Å². The Morgan fingerprint density at radius 1 is 1.39 bits per heavy atom. The molecule has 1 atom stereocenters. The number of allylic oxidation sites excluding steroid dienone is 4. The van der Waals surface area contributed by atoms with E-state index in [9.17, 15) is 22.4 Å². The molecule has 0 radical (unpaired) electrons. The molecule has 0 spiro atoms. The summed E-state index contributed by atoms with van der Waals surface area (Å²) in [5.41, 5.74) is 9.90. The van der Waals surface area contributed by atoms with Gasteiger partial charge < -0.3 is 16.0 Å².